The number of hydrogen-bond donors (Lipinski definition) is 0. The van der Waals surface area contributed by atoms with E-state index in [9.17, 15) is 31.1 Å². The minimum Gasteiger partial charge on any atom is -0.454 e. The molecule has 0 aromatic carbocycles. The largest absolute Gasteiger partial charge is 0.454 e. The minimum absolute atomic E-state index is 0.0295. The Morgan fingerprint density at radius 1 is 1.00 bits per heavy atom. The highest BCUT2D eigenvalue weighted by atomic mass is 19.3. The molecule has 0 heterocycles. The average Bonchev–Trinajstić information content (AvgIpc) is 2.46. The van der Waals surface area contributed by atoms with Gasteiger partial charge in [0.05, 0.1) is 13.2 Å². The molecule has 0 N–H and O–H groups in total. The molecule has 23 heavy (non-hydrogen) atoms. The van der Waals surface area contributed by atoms with E-state index in [1.165, 1.54) is 6.92 Å². The molecule has 4 nitrogen and oxygen atoms in total. The summed E-state index contributed by atoms with van der Waals surface area (Å²) in [6.07, 6.45) is -1.31. The normalized spacial score (nSPS) is 12.5. The van der Waals surface area contributed by atoms with Crippen LogP contribution in [0.25, 0.3) is 0 Å². The molecular weight excluding hydrogens is 334 g/mol. The van der Waals surface area contributed by atoms with Gasteiger partial charge in [-0.2, -0.15) is 0 Å². The van der Waals surface area contributed by atoms with Crippen molar-refractivity contribution in [1.82, 2.24) is 0 Å². The predicted molar refractivity (Wildman–Crippen MR) is 68.2 cm³/mol. The third-order valence-corrected chi connectivity index (χ3v) is 2.25. The number of halogens is 6. The van der Waals surface area contributed by atoms with Crippen molar-refractivity contribution in [1.29, 1.82) is 0 Å². The summed E-state index contributed by atoms with van der Waals surface area (Å²) < 4.78 is 88.2. The first kappa shape index (κ1) is 21.7. The van der Waals surface area contributed by atoms with Gasteiger partial charge in [0.15, 0.2) is 13.3 Å². The number of rotatable bonds is 12. The number of alkyl halides is 6. The highest BCUT2D eigenvalue weighted by Crippen LogP contribution is 2.16. The summed E-state index contributed by atoms with van der Waals surface area (Å²) in [5, 5.41) is 0. The number of carbonyl (C=O) groups is 1. The Labute approximate surface area is 129 Å². The zero-order valence-corrected chi connectivity index (χ0v) is 12.4. The maximum absolute atomic E-state index is 12.7. The van der Waals surface area contributed by atoms with Crippen LogP contribution in [0.1, 0.15) is 6.92 Å². The predicted octanol–water partition coefficient (Wildman–Crippen LogP) is 2.72. The van der Waals surface area contributed by atoms with Gasteiger partial charge < -0.3 is 14.2 Å². The van der Waals surface area contributed by atoms with Crippen molar-refractivity contribution in [2.45, 2.75) is 24.9 Å². The van der Waals surface area contributed by atoms with Gasteiger partial charge in [0, 0.05) is 5.57 Å². The van der Waals surface area contributed by atoms with Crippen LogP contribution in [0.2, 0.25) is 0 Å². The van der Waals surface area contributed by atoms with E-state index in [4.69, 9.17) is 4.74 Å². The van der Waals surface area contributed by atoms with E-state index in [1.807, 2.05) is 0 Å². The third kappa shape index (κ3) is 10.2. The highest BCUT2D eigenvalue weighted by molar-refractivity contribution is 5.87. The summed E-state index contributed by atoms with van der Waals surface area (Å²) in [4.78, 5) is 11.3. The molecule has 0 amide bonds. The first-order chi connectivity index (χ1) is 10.5. The van der Waals surface area contributed by atoms with Crippen molar-refractivity contribution in [2.24, 2.45) is 0 Å². The fraction of sp³-hybridized carbons (Fsp3) is 0.769. The van der Waals surface area contributed by atoms with E-state index in [-0.39, 0.29) is 5.57 Å². The first-order valence-corrected chi connectivity index (χ1v) is 6.42. The van der Waals surface area contributed by atoms with Gasteiger partial charge in [-0.15, -0.1) is 0 Å². The van der Waals surface area contributed by atoms with Crippen molar-refractivity contribution in [3.05, 3.63) is 12.2 Å². The van der Waals surface area contributed by atoms with Crippen molar-refractivity contribution < 1.29 is 45.3 Å². The van der Waals surface area contributed by atoms with Crippen molar-refractivity contribution in [3.63, 3.8) is 0 Å². The average molecular weight is 352 g/mol. The Hall–Kier alpha value is -1.29. The van der Waals surface area contributed by atoms with Crippen LogP contribution in [0.5, 0.6) is 0 Å². The van der Waals surface area contributed by atoms with E-state index < -0.39 is 63.7 Å². The molecule has 136 valence electrons. The molecule has 0 aromatic rings. The van der Waals surface area contributed by atoms with Crippen LogP contribution in [-0.4, -0.2) is 63.7 Å². The Morgan fingerprint density at radius 2 is 1.39 bits per heavy atom. The Bertz CT molecular complexity index is 367. The number of carbonyl (C=O) groups excluding carboxylic acids is 1. The molecule has 0 saturated carbocycles. The van der Waals surface area contributed by atoms with E-state index >= 15 is 0 Å². The molecule has 0 bridgehead atoms. The summed E-state index contributed by atoms with van der Waals surface area (Å²) in [5.74, 6) is -8.35. The van der Waals surface area contributed by atoms with Crippen LogP contribution in [0.4, 0.5) is 26.3 Å². The van der Waals surface area contributed by atoms with E-state index in [0.717, 1.165) is 0 Å². The molecule has 0 unspecified atom stereocenters. The maximum atomic E-state index is 12.7. The summed E-state index contributed by atoms with van der Waals surface area (Å²) >= 11 is 0. The SMILES string of the molecule is C=C(C)C(=O)OC(COCC(F)(F)CF)COCC(F)(F)CF. The molecule has 0 aliphatic heterocycles. The first-order valence-electron chi connectivity index (χ1n) is 6.42. The third-order valence-electron chi connectivity index (χ3n) is 2.25. The zero-order valence-electron chi connectivity index (χ0n) is 12.4. The Balaban J connectivity index is 4.45. The quantitative estimate of drug-likeness (QED) is 0.308. The van der Waals surface area contributed by atoms with Gasteiger partial charge in [0.1, 0.15) is 19.3 Å². The second kappa shape index (κ2) is 9.76. The Morgan fingerprint density at radius 3 is 1.70 bits per heavy atom. The van der Waals surface area contributed by atoms with Crippen molar-refractivity contribution >= 4 is 5.97 Å². The smallest absolute Gasteiger partial charge is 0.333 e. The topological polar surface area (TPSA) is 44.8 Å². The van der Waals surface area contributed by atoms with Gasteiger partial charge in [-0.3, -0.25) is 0 Å². The van der Waals surface area contributed by atoms with Crippen LogP contribution in [0, 0.1) is 0 Å². The standard InChI is InChI=1S/C13H18F6O4/c1-9(2)11(20)23-10(3-21-7-12(16,17)5-14)4-22-8-13(18,19)6-15/h10H,1,3-8H2,2H3. The second-order valence-electron chi connectivity index (χ2n) is 4.82. The molecule has 0 spiro atoms. The molecule has 0 aromatic heterocycles. The molecule has 0 atom stereocenters. The number of esters is 1. The lowest BCUT2D eigenvalue weighted by molar-refractivity contribution is -0.160. The van der Waals surface area contributed by atoms with Crippen LogP contribution >= 0.6 is 0 Å². The van der Waals surface area contributed by atoms with Crippen LogP contribution in [0.15, 0.2) is 12.2 Å². The summed E-state index contributed by atoms with van der Waals surface area (Å²) in [6.45, 7) is -3.16. The molecule has 10 heteroatoms. The molecule has 0 aliphatic carbocycles. The van der Waals surface area contributed by atoms with E-state index in [1.54, 1.807) is 0 Å². The summed E-state index contributed by atoms with van der Waals surface area (Å²) in [7, 11) is 0. The molecule has 0 fully saturated rings. The molecule has 0 radical (unpaired) electrons. The molecule has 0 rings (SSSR count). The minimum atomic E-state index is -3.72. The summed E-state index contributed by atoms with van der Waals surface area (Å²) in [5.41, 5.74) is -0.0295. The molecule has 0 aliphatic rings. The van der Waals surface area contributed by atoms with Gasteiger partial charge in [-0.25, -0.2) is 31.1 Å². The fourth-order valence-corrected chi connectivity index (χ4v) is 1.12. The lowest BCUT2D eigenvalue weighted by Crippen LogP contribution is -2.35. The van der Waals surface area contributed by atoms with Gasteiger partial charge in [-0.1, -0.05) is 6.58 Å². The van der Waals surface area contributed by atoms with E-state index in [0.29, 0.717) is 0 Å². The molecular formula is C13H18F6O4. The second-order valence-corrected chi connectivity index (χ2v) is 4.82. The van der Waals surface area contributed by atoms with Crippen LogP contribution in [-0.2, 0) is 19.0 Å². The lowest BCUT2D eigenvalue weighted by atomic mass is 10.3. The Kier molecular flexibility index (Phi) is 9.21. The van der Waals surface area contributed by atoms with E-state index in [2.05, 4.69) is 16.1 Å². The lowest BCUT2D eigenvalue weighted by Gasteiger charge is -2.21. The summed E-state index contributed by atoms with van der Waals surface area (Å²) in [6, 6.07) is 0. The number of hydrogen-bond acceptors (Lipinski definition) is 4. The van der Waals surface area contributed by atoms with Crippen LogP contribution < -0.4 is 0 Å². The van der Waals surface area contributed by atoms with Gasteiger partial charge in [0.25, 0.3) is 11.8 Å². The fourth-order valence-electron chi connectivity index (χ4n) is 1.12. The number of ether oxygens (including phenoxy) is 3. The monoisotopic (exact) mass is 352 g/mol. The molecule has 0 saturated heterocycles. The zero-order chi connectivity index (χ0) is 18.1. The highest BCUT2D eigenvalue weighted by Gasteiger charge is 2.31. The van der Waals surface area contributed by atoms with Gasteiger partial charge in [0.2, 0.25) is 0 Å². The van der Waals surface area contributed by atoms with Gasteiger partial charge in [-0.05, 0) is 6.92 Å². The van der Waals surface area contributed by atoms with Crippen LogP contribution in [0.3, 0.4) is 0 Å². The van der Waals surface area contributed by atoms with Crippen molar-refractivity contribution in [2.75, 3.05) is 39.8 Å². The maximum Gasteiger partial charge on any atom is 0.333 e. The van der Waals surface area contributed by atoms with Gasteiger partial charge >= 0.3 is 5.97 Å². The van der Waals surface area contributed by atoms with Crippen molar-refractivity contribution in [3.8, 4) is 0 Å².